The van der Waals surface area contributed by atoms with E-state index in [0.717, 1.165) is 24.6 Å². The molecule has 0 N–H and O–H groups in total. The summed E-state index contributed by atoms with van der Waals surface area (Å²) in [5.74, 6) is -3.32. The van der Waals surface area contributed by atoms with Crippen LogP contribution in [0.2, 0.25) is 0 Å². The SMILES string of the molecule is O=C(Cc1cnccc1C1OCCCO1)c1ccc(F)c(-c2c(F)cccc2F)n1. The molecule has 0 bridgehead atoms. The zero-order chi connectivity index (χ0) is 21.1. The molecule has 3 heterocycles. The first-order chi connectivity index (χ1) is 14.5. The van der Waals surface area contributed by atoms with Gasteiger partial charge in [0.25, 0.3) is 0 Å². The molecule has 8 heteroatoms. The van der Waals surface area contributed by atoms with E-state index in [1.165, 1.54) is 18.3 Å². The molecule has 0 unspecified atom stereocenters. The minimum absolute atomic E-state index is 0.107. The number of pyridine rings is 2. The number of ether oxygens (including phenoxy) is 2. The highest BCUT2D eigenvalue weighted by atomic mass is 19.1. The largest absolute Gasteiger partial charge is 0.348 e. The fourth-order valence-electron chi connectivity index (χ4n) is 3.24. The van der Waals surface area contributed by atoms with Crippen LogP contribution < -0.4 is 0 Å². The number of ketones is 1. The summed E-state index contributed by atoms with van der Waals surface area (Å²) in [6, 6.07) is 7.03. The van der Waals surface area contributed by atoms with E-state index in [9.17, 15) is 18.0 Å². The van der Waals surface area contributed by atoms with E-state index >= 15 is 0 Å². The Bertz CT molecular complexity index is 1060. The summed E-state index contributed by atoms with van der Waals surface area (Å²) in [5.41, 5.74) is -0.0495. The number of hydrogen-bond donors (Lipinski definition) is 0. The van der Waals surface area contributed by atoms with E-state index in [0.29, 0.717) is 24.3 Å². The lowest BCUT2D eigenvalue weighted by Gasteiger charge is -2.25. The van der Waals surface area contributed by atoms with Crippen LogP contribution in [0.4, 0.5) is 13.2 Å². The smallest absolute Gasteiger partial charge is 0.185 e. The average Bonchev–Trinajstić information content (AvgIpc) is 2.76. The van der Waals surface area contributed by atoms with Crippen molar-refractivity contribution in [2.24, 2.45) is 0 Å². The molecule has 4 rings (SSSR count). The minimum Gasteiger partial charge on any atom is -0.348 e. The van der Waals surface area contributed by atoms with Gasteiger partial charge in [0.05, 0.1) is 18.8 Å². The number of rotatable bonds is 5. The van der Waals surface area contributed by atoms with Crippen LogP contribution >= 0.6 is 0 Å². The number of hydrogen-bond acceptors (Lipinski definition) is 5. The number of Topliss-reactive ketones (excluding diaryl/α,β-unsaturated/α-hetero) is 1. The van der Waals surface area contributed by atoms with Gasteiger partial charge in [-0.3, -0.25) is 9.78 Å². The number of halogens is 3. The quantitative estimate of drug-likeness (QED) is 0.579. The van der Waals surface area contributed by atoms with E-state index < -0.39 is 40.8 Å². The van der Waals surface area contributed by atoms with Crippen molar-refractivity contribution in [3.63, 3.8) is 0 Å². The third-order valence-corrected chi connectivity index (χ3v) is 4.70. The molecule has 1 aliphatic heterocycles. The molecule has 154 valence electrons. The van der Waals surface area contributed by atoms with E-state index in [1.54, 1.807) is 12.3 Å². The summed E-state index contributed by atoms with van der Waals surface area (Å²) in [4.78, 5) is 20.8. The van der Waals surface area contributed by atoms with E-state index in [1.807, 2.05) is 0 Å². The molecule has 1 saturated heterocycles. The van der Waals surface area contributed by atoms with Crippen molar-refractivity contribution in [2.45, 2.75) is 19.1 Å². The first kappa shape index (κ1) is 20.2. The Morgan fingerprint density at radius 3 is 2.47 bits per heavy atom. The molecule has 0 saturated carbocycles. The maximum atomic E-state index is 14.3. The highest BCUT2D eigenvalue weighted by molar-refractivity contribution is 5.96. The predicted molar refractivity (Wildman–Crippen MR) is 101 cm³/mol. The van der Waals surface area contributed by atoms with Crippen molar-refractivity contribution in [3.05, 3.63) is 83.1 Å². The summed E-state index contributed by atoms with van der Waals surface area (Å²) in [6.45, 7) is 1.08. The summed E-state index contributed by atoms with van der Waals surface area (Å²) in [5, 5.41) is 0. The Morgan fingerprint density at radius 1 is 1.00 bits per heavy atom. The molecule has 0 spiro atoms. The van der Waals surface area contributed by atoms with Gasteiger partial charge in [-0.1, -0.05) is 6.07 Å². The number of aromatic nitrogens is 2. The van der Waals surface area contributed by atoms with Gasteiger partial charge in [-0.2, -0.15) is 0 Å². The molecule has 1 fully saturated rings. The van der Waals surface area contributed by atoms with Gasteiger partial charge in [-0.15, -0.1) is 0 Å². The lowest BCUT2D eigenvalue weighted by Crippen LogP contribution is -2.20. The molecular formula is C22H17F3N2O3. The second kappa shape index (κ2) is 8.73. The van der Waals surface area contributed by atoms with Crippen LogP contribution in [0, 0.1) is 17.5 Å². The normalized spacial score (nSPS) is 14.6. The molecule has 0 amide bonds. The fraction of sp³-hybridized carbons (Fsp3) is 0.227. The number of benzene rings is 1. The monoisotopic (exact) mass is 414 g/mol. The van der Waals surface area contributed by atoms with Gasteiger partial charge >= 0.3 is 0 Å². The summed E-state index contributed by atoms with van der Waals surface area (Å²) in [6.07, 6.45) is 3.17. The van der Waals surface area contributed by atoms with Crippen molar-refractivity contribution in [1.29, 1.82) is 0 Å². The van der Waals surface area contributed by atoms with Gasteiger partial charge in [-0.05, 0) is 42.3 Å². The molecule has 3 aromatic rings. The molecule has 0 aliphatic carbocycles. The maximum Gasteiger partial charge on any atom is 0.185 e. The zero-order valence-corrected chi connectivity index (χ0v) is 15.8. The van der Waals surface area contributed by atoms with Crippen molar-refractivity contribution in [1.82, 2.24) is 9.97 Å². The molecule has 0 atom stereocenters. The van der Waals surface area contributed by atoms with Gasteiger partial charge in [0.2, 0.25) is 0 Å². The highest BCUT2D eigenvalue weighted by Crippen LogP contribution is 2.28. The third-order valence-electron chi connectivity index (χ3n) is 4.70. The Balaban J connectivity index is 1.64. The number of carbonyl (C=O) groups is 1. The van der Waals surface area contributed by atoms with Crippen molar-refractivity contribution in [3.8, 4) is 11.3 Å². The molecule has 0 radical (unpaired) electrons. The second-order valence-electron chi connectivity index (χ2n) is 6.73. The average molecular weight is 414 g/mol. The Morgan fingerprint density at radius 2 is 1.73 bits per heavy atom. The summed E-state index contributed by atoms with van der Waals surface area (Å²) in [7, 11) is 0. The summed E-state index contributed by atoms with van der Waals surface area (Å²) < 4.78 is 53.6. The predicted octanol–water partition coefficient (Wildman–Crippen LogP) is 4.42. The van der Waals surface area contributed by atoms with Gasteiger partial charge in [0.1, 0.15) is 28.8 Å². The second-order valence-corrected chi connectivity index (χ2v) is 6.73. The van der Waals surface area contributed by atoms with Gasteiger partial charge in [0, 0.05) is 24.4 Å². The van der Waals surface area contributed by atoms with Crippen LogP contribution in [0.1, 0.15) is 34.3 Å². The van der Waals surface area contributed by atoms with Crippen LogP contribution in [0.5, 0.6) is 0 Å². The first-order valence-electron chi connectivity index (χ1n) is 9.34. The van der Waals surface area contributed by atoms with Crippen LogP contribution in [0.15, 0.2) is 48.8 Å². The lowest BCUT2D eigenvalue weighted by molar-refractivity contribution is -0.183. The Labute approximate surface area is 170 Å². The Hall–Kier alpha value is -3.10. The molecule has 5 nitrogen and oxygen atoms in total. The number of carbonyl (C=O) groups excluding carboxylic acids is 1. The first-order valence-corrected chi connectivity index (χ1v) is 9.34. The molecule has 1 aromatic carbocycles. The van der Waals surface area contributed by atoms with Gasteiger partial charge < -0.3 is 9.47 Å². The minimum atomic E-state index is -0.966. The molecule has 2 aromatic heterocycles. The van der Waals surface area contributed by atoms with Crippen molar-refractivity contribution >= 4 is 5.78 Å². The summed E-state index contributed by atoms with van der Waals surface area (Å²) >= 11 is 0. The molecule has 30 heavy (non-hydrogen) atoms. The number of nitrogens with zero attached hydrogens (tertiary/aromatic N) is 2. The van der Waals surface area contributed by atoms with Crippen LogP contribution in [-0.2, 0) is 15.9 Å². The van der Waals surface area contributed by atoms with Crippen LogP contribution in [0.3, 0.4) is 0 Å². The van der Waals surface area contributed by atoms with Crippen molar-refractivity contribution < 1.29 is 27.4 Å². The van der Waals surface area contributed by atoms with E-state index in [-0.39, 0.29) is 12.1 Å². The van der Waals surface area contributed by atoms with E-state index in [4.69, 9.17) is 9.47 Å². The maximum absolute atomic E-state index is 14.3. The van der Waals surface area contributed by atoms with Gasteiger partial charge in [-0.25, -0.2) is 18.2 Å². The standard InChI is InChI=1S/C22H17F3N2O3/c23-15-3-1-4-16(24)20(15)21-17(25)5-6-18(27-21)19(28)11-13-12-26-8-7-14(13)22-29-9-2-10-30-22/h1,3-8,12,22H,2,9-11H2. The lowest BCUT2D eigenvalue weighted by atomic mass is 10.0. The zero-order valence-electron chi connectivity index (χ0n) is 15.8. The van der Waals surface area contributed by atoms with Gasteiger partial charge in [0.15, 0.2) is 12.1 Å². The van der Waals surface area contributed by atoms with Crippen LogP contribution in [0.25, 0.3) is 11.3 Å². The topological polar surface area (TPSA) is 61.3 Å². The molecule has 1 aliphatic rings. The Kier molecular flexibility index (Phi) is 5.87. The van der Waals surface area contributed by atoms with Crippen LogP contribution in [-0.4, -0.2) is 29.0 Å². The molecular weight excluding hydrogens is 397 g/mol. The van der Waals surface area contributed by atoms with E-state index in [2.05, 4.69) is 9.97 Å². The third kappa shape index (κ3) is 4.10. The van der Waals surface area contributed by atoms with Crippen molar-refractivity contribution in [2.75, 3.05) is 13.2 Å². The fourth-order valence-corrected chi connectivity index (χ4v) is 3.24. The highest BCUT2D eigenvalue weighted by Gasteiger charge is 2.23.